The van der Waals surface area contributed by atoms with Gasteiger partial charge < -0.3 is 9.47 Å². The number of carbonyl (C=O) groups excluding carboxylic acids is 1. The van der Waals surface area contributed by atoms with Gasteiger partial charge in [-0.15, -0.1) is 10.2 Å². The van der Waals surface area contributed by atoms with Crippen LogP contribution in [-0.4, -0.2) is 34.3 Å². The highest BCUT2D eigenvalue weighted by molar-refractivity contribution is 5.89. The van der Waals surface area contributed by atoms with Crippen molar-refractivity contribution in [2.75, 3.05) is 13.7 Å². The first-order chi connectivity index (χ1) is 9.14. The Morgan fingerprint density at radius 3 is 3.00 bits per heavy atom. The second-order valence-electron chi connectivity index (χ2n) is 4.84. The van der Waals surface area contributed by atoms with E-state index in [0.29, 0.717) is 11.2 Å². The summed E-state index contributed by atoms with van der Waals surface area (Å²) in [6.07, 6.45) is 3.60. The molecule has 1 aliphatic heterocycles. The number of aromatic nitrogens is 3. The summed E-state index contributed by atoms with van der Waals surface area (Å²) in [6.45, 7) is 2.73. The largest absolute Gasteiger partial charge is 0.465 e. The third-order valence-electron chi connectivity index (χ3n) is 3.52. The quantitative estimate of drug-likeness (QED) is 0.767. The Balaban J connectivity index is 2.13. The van der Waals surface area contributed by atoms with Gasteiger partial charge in [0.2, 0.25) is 0 Å². The number of hydrogen-bond acceptors (Lipinski definition) is 5. The SMILES string of the molecule is COC(=O)c1ccc2nnc(C3(C)CCCO3)n2c1. The molecule has 0 N–H and O–H groups in total. The van der Waals surface area contributed by atoms with Crippen molar-refractivity contribution in [3.63, 3.8) is 0 Å². The summed E-state index contributed by atoms with van der Waals surface area (Å²) in [5, 5.41) is 8.33. The van der Waals surface area contributed by atoms with Gasteiger partial charge in [-0.2, -0.15) is 0 Å². The summed E-state index contributed by atoms with van der Waals surface area (Å²) in [6, 6.07) is 3.43. The smallest absolute Gasteiger partial charge is 0.339 e. The van der Waals surface area contributed by atoms with Gasteiger partial charge in [0, 0.05) is 12.8 Å². The fraction of sp³-hybridized carbons (Fsp3) is 0.462. The third kappa shape index (κ3) is 1.88. The molecule has 0 saturated carbocycles. The minimum Gasteiger partial charge on any atom is -0.465 e. The molecule has 1 unspecified atom stereocenters. The van der Waals surface area contributed by atoms with E-state index < -0.39 is 5.60 Å². The number of ether oxygens (including phenoxy) is 2. The zero-order valence-corrected chi connectivity index (χ0v) is 10.9. The van der Waals surface area contributed by atoms with Crippen molar-refractivity contribution in [1.82, 2.24) is 14.6 Å². The molecule has 2 aromatic heterocycles. The number of fused-ring (bicyclic) bond motifs is 1. The first-order valence-corrected chi connectivity index (χ1v) is 6.21. The van der Waals surface area contributed by atoms with E-state index in [1.807, 2.05) is 6.92 Å². The molecule has 0 radical (unpaired) electrons. The van der Waals surface area contributed by atoms with Crippen LogP contribution in [0.5, 0.6) is 0 Å². The maximum Gasteiger partial charge on any atom is 0.339 e. The summed E-state index contributed by atoms with van der Waals surface area (Å²) in [5.74, 6) is 0.352. The second-order valence-corrected chi connectivity index (χ2v) is 4.84. The Kier molecular flexibility index (Phi) is 2.74. The monoisotopic (exact) mass is 261 g/mol. The Labute approximate surface area is 110 Å². The number of pyridine rings is 1. The molecular weight excluding hydrogens is 246 g/mol. The lowest BCUT2D eigenvalue weighted by molar-refractivity contribution is 0.00849. The molecule has 2 aromatic rings. The average Bonchev–Trinajstić information content (AvgIpc) is 3.04. The summed E-state index contributed by atoms with van der Waals surface area (Å²) in [7, 11) is 1.36. The number of esters is 1. The van der Waals surface area contributed by atoms with Crippen LogP contribution in [0.3, 0.4) is 0 Å². The standard InChI is InChI=1S/C13H15N3O3/c1-13(6-3-7-19-13)12-15-14-10-5-4-9(8-16(10)12)11(17)18-2/h4-5,8H,3,6-7H2,1-2H3. The van der Waals surface area contributed by atoms with Gasteiger partial charge in [0.15, 0.2) is 11.5 Å². The Morgan fingerprint density at radius 1 is 1.47 bits per heavy atom. The molecule has 19 heavy (non-hydrogen) atoms. The molecule has 1 fully saturated rings. The lowest BCUT2D eigenvalue weighted by atomic mass is 10.0. The van der Waals surface area contributed by atoms with Crippen LogP contribution in [0, 0.1) is 0 Å². The summed E-state index contributed by atoms with van der Waals surface area (Å²) in [4.78, 5) is 11.6. The number of nitrogens with zero attached hydrogens (tertiary/aromatic N) is 3. The third-order valence-corrected chi connectivity index (χ3v) is 3.52. The van der Waals surface area contributed by atoms with Crippen molar-refractivity contribution in [2.24, 2.45) is 0 Å². The minimum absolute atomic E-state index is 0.376. The van der Waals surface area contributed by atoms with Gasteiger partial charge >= 0.3 is 5.97 Å². The molecule has 3 heterocycles. The van der Waals surface area contributed by atoms with Gasteiger partial charge in [0.1, 0.15) is 5.60 Å². The van der Waals surface area contributed by atoms with Crippen molar-refractivity contribution >= 4 is 11.6 Å². The second kappa shape index (κ2) is 4.31. The van der Waals surface area contributed by atoms with Crippen molar-refractivity contribution in [3.8, 4) is 0 Å². The fourth-order valence-corrected chi connectivity index (χ4v) is 2.45. The molecule has 1 atom stereocenters. The van der Waals surface area contributed by atoms with Crippen molar-refractivity contribution in [1.29, 1.82) is 0 Å². The normalized spacial score (nSPS) is 22.8. The van der Waals surface area contributed by atoms with Gasteiger partial charge in [-0.25, -0.2) is 4.79 Å². The number of rotatable bonds is 2. The first-order valence-electron chi connectivity index (χ1n) is 6.21. The van der Waals surface area contributed by atoms with Crippen LogP contribution in [0.1, 0.15) is 35.9 Å². The zero-order chi connectivity index (χ0) is 13.5. The molecule has 0 amide bonds. The highest BCUT2D eigenvalue weighted by Crippen LogP contribution is 2.34. The predicted molar refractivity (Wildman–Crippen MR) is 66.9 cm³/mol. The zero-order valence-electron chi connectivity index (χ0n) is 10.9. The van der Waals surface area contributed by atoms with Crippen LogP contribution < -0.4 is 0 Å². The van der Waals surface area contributed by atoms with E-state index >= 15 is 0 Å². The summed E-state index contributed by atoms with van der Waals surface area (Å²) < 4.78 is 12.3. The van der Waals surface area contributed by atoms with Crippen molar-refractivity contribution in [3.05, 3.63) is 29.7 Å². The lowest BCUT2D eigenvalue weighted by Gasteiger charge is -2.20. The molecule has 1 saturated heterocycles. The van der Waals surface area contributed by atoms with Crippen LogP contribution >= 0.6 is 0 Å². The lowest BCUT2D eigenvalue weighted by Crippen LogP contribution is -2.23. The minimum atomic E-state index is -0.436. The van der Waals surface area contributed by atoms with Crippen molar-refractivity contribution < 1.29 is 14.3 Å². The van der Waals surface area contributed by atoms with Crippen LogP contribution in [-0.2, 0) is 15.1 Å². The van der Waals surface area contributed by atoms with Crippen molar-refractivity contribution in [2.45, 2.75) is 25.4 Å². The molecule has 0 aliphatic carbocycles. The summed E-state index contributed by atoms with van der Waals surface area (Å²) in [5.41, 5.74) is 0.728. The molecule has 0 bridgehead atoms. The predicted octanol–water partition coefficient (Wildman–Crippen LogP) is 1.54. The van der Waals surface area contributed by atoms with Gasteiger partial charge in [-0.05, 0) is 31.9 Å². The number of hydrogen-bond donors (Lipinski definition) is 0. The Bertz CT molecular complexity index is 629. The summed E-state index contributed by atoms with van der Waals surface area (Å²) >= 11 is 0. The van der Waals surface area contributed by atoms with E-state index in [0.717, 1.165) is 25.3 Å². The Hall–Kier alpha value is -1.95. The number of methoxy groups -OCH3 is 1. The van der Waals surface area contributed by atoms with Gasteiger partial charge in [-0.1, -0.05) is 0 Å². The van der Waals surface area contributed by atoms with E-state index in [9.17, 15) is 4.79 Å². The van der Waals surface area contributed by atoms with Crippen LogP contribution in [0.2, 0.25) is 0 Å². The first kappa shape index (κ1) is 12.1. The Morgan fingerprint density at radius 2 is 2.32 bits per heavy atom. The molecule has 6 heteroatoms. The van der Waals surface area contributed by atoms with Gasteiger partial charge in [0.05, 0.1) is 12.7 Å². The highest BCUT2D eigenvalue weighted by atomic mass is 16.5. The van der Waals surface area contributed by atoms with E-state index in [-0.39, 0.29) is 5.97 Å². The molecule has 0 aromatic carbocycles. The van der Waals surface area contributed by atoms with Crippen LogP contribution in [0.25, 0.3) is 5.65 Å². The van der Waals surface area contributed by atoms with Crippen LogP contribution in [0.4, 0.5) is 0 Å². The maximum absolute atomic E-state index is 11.6. The maximum atomic E-state index is 11.6. The number of carbonyl (C=O) groups is 1. The van der Waals surface area contributed by atoms with Gasteiger partial charge in [-0.3, -0.25) is 4.40 Å². The molecular formula is C13H15N3O3. The molecule has 3 rings (SSSR count). The molecule has 0 spiro atoms. The van der Waals surface area contributed by atoms with E-state index in [1.54, 1.807) is 22.7 Å². The van der Waals surface area contributed by atoms with E-state index in [4.69, 9.17) is 9.47 Å². The molecule has 6 nitrogen and oxygen atoms in total. The molecule has 100 valence electrons. The van der Waals surface area contributed by atoms with Crippen LogP contribution in [0.15, 0.2) is 18.3 Å². The average molecular weight is 261 g/mol. The fourth-order valence-electron chi connectivity index (χ4n) is 2.45. The topological polar surface area (TPSA) is 65.7 Å². The van der Waals surface area contributed by atoms with Gasteiger partial charge in [0.25, 0.3) is 0 Å². The highest BCUT2D eigenvalue weighted by Gasteiger charge is 2.36. The van der Waals surface area contributed by atoms with E-state index in [1.165, 1.54) is 7.11 Å². The molecule has 1 aliphatic rings. The van der Waals surface area contributed by atoms with E-state index in [2.05, 4.69) is 10.2 Å².